The van der Waals surface area contributed by atoms with Crippen LogP contribution in [0.3, 0.4) is 0 Å². The van der Waals surface area contributed by atoms with E-state index in [4.69, 9.17) is 10.8 Å². The Balaban J connectivity index is 2.22. The molecule has 0 bridgehead atoms. The van der Waals surface area contributed by atoms with Crippen molar-refractivity contribution < 1.29 is 14.3 Å². The van der Waals surface area contributed by atoms with Gasteiger partial charge >= 0.3 is 5.97 Å². The van der Waals surface area contributed by atoms with E-state index in [1.807, 2.05) is 6.92 Å². The summed E-state index contributed by atoms with van der Waals surface area (Å²) in [7, 11) is 0. The van der Waals surface area contributed by atoms with E-state index in [0.29, 0.717) is 5.69 Å². The lowest BCUT2D eigenvalue weighted by Crippen LogP contribution is -2.21. The highest BCUT2D eigenvalue weighted by molar-refractivity contribution is 6.00. The van der Waals surface area contributed by atoms with Crippen molar-refractivity contribution in [2.24, 2.45) is 5.92 Å². The fourth-order valence-electron chi connectivity index (χ4n) is 2.25. The summed E-state index contributed by atoms with van der Waals surface area (Å²) in [5.74, 6) is -1.16. The average Bonchev–Trinajstić information content (AvgIpc) is 3.16. The van der Waals surface area contributed by atoms with Crippen molar-refractivity contribution in [2.45, 2.75) is 38.6 Å². The van der Waals surface area contributed by atoms with Crippen LogP contribution >= 0.6 is 0 Å². The van der Waals surface area contributed by atoms with Gasteiger partial charge in [-0.1, -0.05) is 19.8 Å². The molecule has 0 saturated heterocycles. The van der Waals surface area contributed by atoms with Crippen LogP contribution in [-0.2, 0) is 0 Å². The topological polar surface area (TPSA) is 75.3 Å². The van der Waals surface area contributed by atoms with E-state index < -0.39 is 11.8 Å². The minimum atomic E-state index is -1.21. The number of benzene rings is 1. The molecule has 4 nitrogen and oxygen atoms in total. The number of halogens is 1. The van der Waals surface area contributed by atoms with Crippen molar-refractivity contribution in [1.29, 1.82) is 0 Å². The van der Waals surface area contributed by atoms with Gasteiger partial charge in [-0.25, -0.2) is 9.18 Å². The van der Waals surface area contributed by atoms with Crippen molar-refractivity contribution in [1.82, 2.24) is 0 Å². The summed E-state index contributed by atoms with van der Waals surface area (Å²) in [5.41, 5.74) is 5.44. The average molecular weight is 266 g/mol. The maximum Gasteiger partial charge on any atom is 0.340 e. The lowest BCUT2D eigenvalue weighted by Gasteiger charge is -2.20. The number of nitrogens with one attached hydrogen (secondary N) is 1. The Morgan fingerprint density at radius 1 is 1.58 bits per heavy atom. The summed E-state index contributed by atoms with van der Waals surface area (Å²) in [6.07, 6.45) is 4.41. The van der Waals surface area contributed by atoms with E-state index in [1.165, 1.54) is 25.0 Å². The molecule has 0 aliphatic heterocycles. The van der Waals surface area contributed by atoms with E-state index in [9.17, 15) is 9.18 Å². The standard InChI is InChI=1S/C14H19FN2O2/c1-2-9(7-8-3-4-8)17-11-6-5-10(15)13(16)12(11)14(18)19/h5-6,8-9,17H,2-4,7,16H2,1H3,(H,18,19). The molecule has 0 heterocycles. The Morgan fingerprint density at radius 2 is 2.26 bits per heavy atom. The number of hydrogen-bond acceptors (Lipinski definition) is 3. The Hall–Kier alpha value is -1.78. The summed E-state index contributed by atoms with van der Waals surface area (Å²) in [5, 5.41) is 12.4. The van der Waals surface area contributed by atoms with E-state index in [-0.39, 0.29) is 17.3 Å². The minimum absolute atomic E-state index is 0.172. The molecule has 0 spiro atoms. The van der Waals surface area contributed by atoms with Crippen molar-refractivity contribution in [2.75, 3.05) is 11.1 Å². The molecule has 5 heteroatoms. The molecule has 1 saturated carbocycles. The van der Waals surface area contributed by atoms with Gasteiger partial charge in [-0.2, -0.15) is 0 Å². The van der Waals surface area contributed by atoms with Gasteiger partial charge in [0.15, 0.2) is 0 Å². The minimum Gasteiger partial charge on any atom is -0.478 e. The molecule has 104 valence electrons. The summed E-state index contributed by atoms with van der Waals surface area (Å²) >= 11 is 0. The number of carbonyl (C=O) groups is 1. The number of anilines is 2. The third-order valence-electron chi connectivity index (χ3n) is 3.57. The second-order valence-electron chi connectivity index (χ2n) is 5.12. The monoisotopic (exact) mass is 266 g/mol. The number of hydrogen-bond donors (Lipinski definition) is 3. The summed E-state index contributed by atoms with van der Waals surface area (Å²) in [6, 6.07) is 2.86. The van der Waals surface area contributed by atoms with Crippen LogP contribution in [0.25, 0.3) is 0 Å². The van der Waals surface area contributed by atoms with Crippen LogP contribution in [0.15, 0.2) is 12.1 Å². The van der Waals surface area contributed by atoms with Gasteiger partial charge < -0.3 is 16.2 Å². The molecule has 2 rings (SSSR count). The second-order valence-corrected chi connectivity index (χ2v) is 5.12. The van der Waals surface area contributed by atoms with Crippen LogP contribution in [0.4, 0.5) is 15.8 Å². The van der Waals surface area contributed by atoms with Crippen molar-refractivity contribution >= 4 is 17.3 Å². The zero-order chi connectivity index (χ0) is 14.0. The van der Waals surface area contributed by atoms with Crippen LogP contribution in [0.5, 0.6) is 0 Å². The van der Waals surface area contributed by atoms with Gasteiger partial charge in [0, 0.05) is 6.04 Å². The molecule has 1 aliphatic carbocycles. The number of nitrogens with two attached hydrogens (primary N) is 1. The molecule has 1 aromatic rings. The van der Waals surface area contributed by atoms with Crippen molar-refractivity contribution in [3.8, 4) is 0 Å². The van der Waals surface area contributed by atoms with Gasteiger partial charge in [0.25, 0.3) is 0 Å². The van der Waals surface area contributed by atoms with Crippen molar-refractivity contribution in [3.05, 3.63) is 23.5 Å². The van der Waals surface area contributed by atoms with Gasteiger partial charge in [0.2, 0.25) is 0 Å². The maximum atomic E-state index is 13.3. The highest BCUT2D eigenvalue weighted by Gasteiger charge is 2.26. The summed E-state index contributed by atoms with van der Waals surface area (Å²) in [4.78, 5) is 11.2. The predicted molar refractivity (Wildman–Crippen MR) is 72.8 cm³/mol. The fourth-order valence-corrected chi connectivity index (χ4v) is 2.25. The van der Waals surface area contributed by atoms with Crippen molar-refractivity contribution in [3.63, 3.8) is 0 Å². The highest BCUT2D eigenvalue weighted by Crippen LogP contribution is 2.35. The van der Waals surface area contributed by atoms with Crippen LogP contribution in [0.2, 0.25) is 0 Å². The van der Waals surface area contributed by atoms with Crippen LogP contribution in [0, 0.1) is 11.7 Å². The zero-order valence-electron chi connectivity index (χ0n) is 10.9. The largest absolute Gasteiger partial charge is 0.478 e. The first-order valence-electron chi connectivity index (χ1n) is 6.60. The predicted octanol–water partition coefficient (Wildman–Crippen LogP) is 3.10. The molecule has 19 heavy (non-hydrogen) atoms. The zero-order valence-corrected chi connectivity index (χ0v) is 10.9. The van der Waals surface area contributed by atoms with Gasteiger partial charge in [-0.05, 0) is 30.9 Å². The van der Waals surface area contributed by atoms with Crippen LogP contribution in [0.1, 0.15) is 43.0 Å². The Morgan fingerprint density at radius 3 is 2.79 bits per heavy atom. The molecule has 1 aromatic carbocycles. The van der Waals surface area contributed by atoms with E-state index >= 15 is 0 Å². The lowest BCUT2D eigenvalue weighted by molar-refractivity contribution is 0.0698. The number of carboxylic acid groups (broad SMARTS) is 1. The van der Waals surface area contributed by atoms with Gasteiger partial charge in [0.1, 0.15) is 11.4 Å². The highest BCUT2D eigenvalue weighted by atomic mass is 19.1. The Labute approximate surface area is 111 Å². The lowest BCUT2D eigenvalue weighted by atomic mass is 10.0. The summed E-state index contributed by atoms with van der Waals surface area (Å²) < 4.78 is 13.3. The Bertz CT molecular complexity index is 487. The fraction of sp³-hybridized carbons (Fsp3) is 0.500. The SMILES string of the molecule is CCC(CC1CC1)Nc1ccc(F)c(N)c1C(=O)O. The number of nitrogen functional groups attached to an aromatic ring is 1. The molecule has 1 unspecified atom stereocenters. The third kappa shape index (κ3) is 3.16. The molecule has 0 aromatic heterocycles. The van der Waals surface area contributed by atoms with Gasteiger partial charge in [-0.3, -0.25) is 0 Å². The smallest absolute Gasteiger partial charge is 0.340 e. The van der Waals surface area contributed by atoms with E-state index in [1.54, 1.807) is 0 Å². The first kappa shape index (κ1) is 13.6. The van der Waals surface area contributed by atoms with Crippen LogP contribution in [-0.4, -0.2) is 17.1 Å². The molecule has 0 radical (unpaired) electrons. The molecule has 1 fully saturated rings. The molecular weight excluding hydrogens is 247 g/mol. The number of aromatic carboxylic acids is 1. The van der Waals surface area contributed by atoms with E-state index in [0.717, 1.165) is 18.8 Å². The first-order valence-corrected chi connectivity index (χ1v) is 6.60. The molecule has 1 atom stereocenters. The molecule has 1 aliphatic rings. The third-order valence-corrected chi connectivity index (χ3v) is 3.57. The number of rotatable bonds is 6. The maximum absolute atomic E-state index is 13.3. The number of carboxylic acids is 1. The van der Waals surface area contributed by atoms with E-state index in [2.05, 4.69) is 5.32 Å². The molecule has 0 amide bonds. The second kappa shape index (κ2) is 5.47. The van der Waals surface area contributed by atoms with Gasteiger partial charge in [-0.15, -0.1) is 0 Å². The van der Waals surface area contributed by atoms with Gasteiger partial charge in [0.05, 0.1) is 11.4 Å². The first-order chi connectivity index (χ1) is 9.02. The Kier molecular flexibility index (Phi) is 3.93. The van der Waals surface area contributed by atoms with Crippen LogP contribution < -0.4 is 11.1 Å². The normalized spacial score (nSPS) is 16.1. The molecular formula is C14H19FN2O2. The summed E-state index contributed by atoms with van der Waals surface area (Å²) in [6.45, 7) is 2.05. The molecule has 4 N–H and O–H groups in total. The quantitative estimate of drug-likeness (QED) is 0.692.